The van der Waals surface area contributed by atoms with Crippen molar-refractivity contribution < 1.29 is 9.59 Å². The molecule has 0 spiro atoms. The van der Waals surface area contributed by atoms with Crippen LogP contribution in [0, 0.1) is 6.92 Å². The number of amides is 2. The first-order chi connectivity index (χ1) is 13.1. The lowest BCUT2D eigenvalue weighted by Crippen LogP contribution is -2.14. The van der Waals surface area contributed by atoms with Crippen molar-refractivity contribution >= 4 is 45.7 Å². The zero-order valence-corrected chi connectivity index (χ0v) is 16.3. The van der Waals surface area contributed by atoms with Crippen LogP contribution in [-0.2, 0) is 16.0 Å². The molecule has 0 aliphatic heterocycles. The molecule has 3 rings (SSSR count). The SMILES string of the molecule is Cc1ccccc1NC(=O)CSc1nnc(NC(=O)Cc2ccccc2)s1. The topological polar surface area (TPSA) is 84.0 Å². The average molecular weight is 399 g/mol. The number of aryl methyl sites for hydroxylation is 1. The number of thioether (sulfide) groups is 1. The molecular weight excluding hydrogens is 380 g/mol. The average Bonchev–Trinajstić information content (AvgIpc) is 3.10. The predicted molar refractivity (Wildman–Crippen MR) is 109 cm³/mol. The first kappa shape index (κ1) is 19.1. The molecule has 6 nitrogen and oxygen atoms in total. The number of nitrogens with zero attached hydrogens (tertiary/aromatic N) is 2. The molecule has 0 bridgehead atoms. The number of hydrogen-bond donors (Lipinski definition) is 2. The van der Waals surface area contributed by atoms with Gasteiger partial charge in [-0.15, -0.1) is 10.2 Å². The molecule has 0 unspecified atom stereocenters. The summed E-state index contributed by atoms with van der Waals surface area (Å²) in [5.41, 5.74) is 2.74. The molecular formula is C19H18N4O2S2. The van der Waals surface area contributed by atoms with Crippen molar-refractivity contribution in [2.75, 3.05) is 16.4 Å². The fraction of sp³-hybridized carbons (Fsp3) is 0.158. The fourth-order valence-corrected chi connectivity index (χ4v) is 3.86. The molecule has 2 aromatic carbocycles. The smallest absolute Gasteiger partial charge is 0.234 e. The van der Waals surface area contributed by atoms with Gasteiger partial charge in [0, 0.05) is 5.69 Å². The van der Waals surface area contributed by atoms with Gasteiger partial charge in [-0.05, 0) is 24.1 Å². The highest BCUT2D eigenvalue weighted by Crippen LogP contribution is 2.26. The van der Waals surface area contributed by atoms with E-state index in [1.165, 1.54) is 23.1 Å². The molecule has 8 heteroatoms. The minimum atomic E-state index is -0.147. The minimum absolute atomic E-state index is 0.112. The highest BCUT2D eigenvalue weighted by atomic mass is 32.2. The van der Waals surface area contributed by atoms with Crippen LogP contribution in [0.4, 0.5) is 10.8 Å². The molecule has 0 aliphatic rings. The van der Waals surface area contributed by atoms with Gasteiger partial charge >= 0.3 is 0 Å². The van der Waals surface area contributed by atoms with Crippen molar-refractivity contribution in [2.45, 2.75) is 17.7 Å². The largest absolute Gasteiger partial charge is 0.325 e. The lowest BCUT2D eigenvalue weighted by atomic mass is 10.1. The second kappa shape index (κ2) is 9.29. The minimum Gasteiger partial charge on any atom is -0.325 e. The maximum atomic E-state index is 12.1. The van der Waals surface area contributed by atoms with E-state index in [2.05, 4.69) is 20.8 Å². The maximum absolute atomic E-state index is 12.1. The van der Waals surface area contributed by atoms with Crippen LogP contribution in [0.25, 0.3) is 0 Å². The van der Waals surface area contributed by atoms with Gasteiger partial charge in [0.15, 0.2) is 4.34 Å². The summed E-state index contributed by atoms with van der Waals surface area (Å²) in [4.78, 5) is 24.1. The number of hydrogen-bond acceptors (Lipinski definition) is 6. The monoisotopic (exact) mass is 398 g/mol. The van der Waals surface area contributed by atoms with Crippen LogP contribution in [0.2, 0.25) is 0 Å². The molecule has 27 heavy (non-hydrogen) atoms. The third-order valence-corrected chi connectivity index (χ3v) is 5.58. The van der Waals surface area contributed by atoms with E-state index in [1.807, 2.05) is 61.5 Å². The van der Waals surface area contributed by atoms with E-state index < -0.39 is 0 Å². The van der Waals surface area contributed by atoms with E-state index in [-0.39, 0.29) is 24.0 Å². The third-order valence-electron chi connectivity index (χ3n) is 3.61. The Balaban J connectivity index is 1.47. The van der Waals surface area contributed by atoms with Gasteiger partial charge in [-0.25, -0.2) is 0 Å². The molecule has 1 aromatic heterocycles. The summed E-state index contributed by atoms with van der Waals surface area (Å²) < 4.78 is 0.630. The molecule has 138 valence electrons. The van der Waals surface area contributed by atoms with E-state index in [0.717, 1.165) is 16.8 Å². The molecule has 0 saturated heterocycles. The van der Waals surface area contributed by atoms with Crippen LogP contribution in [0.1, 0.15) is 11.1 Å². The summed E-state index contributed by atoms with van der Waals surface area (Å²) in [6, 6.07) is 17.1. The summed E-state index contributed by atoms with van der Waals surface area (Å²) >= 11 is 2.54. The molecule has 0 radical (unpaired) electrons. The Labute approximate surface area is 165 Å². The van der Waals surface area contributed by atoms with Gasteiger partial charge in [-0.1, -0.05) is 71.6 Å². The highest BCUT2D eigenvalue weighted by molar-refractivity contribution is 8.01. The zero-order chi connectivity index (χ0) is 19.1. The maximum Gasteiger partial charge on any atom is 0.234 e. The Morgan fingerprint density at radius 3 is 2.48 bits per heavy atom. The summed E-state index contributed by atoms with van der Waals surface area (Å²) in [7, 11) is 0. The van der Waals surface area contributed by atoms with Crippen LogP contribution in [0.3, 0.4) is 0 Å². The standard InChI is InChI=1S/C19H18N4O2S2/c1-13-7-5-6-10-15(13)20-17(25)12-26-19-23-22-18(27-19)21-16(24)11-14-8-3-2-4-9-14/h2-10H,11-12H2,1H3,(H,20,25)(H,21,22,24). The Bertz CT molecular complexity index is 928. The lowest BCUT2D eigenvalue weighted by molar-refractivity contribution is -0.115. The summed E-state index contributed by atoms with van der Waals surface area (Å²) in [6.07, 6.45) is 0.279. The van der Waals surface area contributed by atoms with Gasteiger partial charge in [0.1, 0.15) is 0 Å². The van der Waals surface area contributed by atoms with Crippen LogP contribution >= 0.6 is 23.1 Å². The van der Waals surface area contributed by atoms with Crippen molar-refractivity contribution in [2.24, 2.45) is 0 Å². The molecule has 0 aliphatic carbocycles. The molecule has 2 amide bonds. The second-order valence-corrected chi connectivity index (χ2v) is 7.94. The molecule has 1 heterocycles. The van der Waals surface area contributed by atoms with Crippen LogP contribution in [0.5, 0.6) is 0 Å². The Kier molecular flexibility index (Phi) is 6.56. The number of carbonyl (C=O) groups excluding carboxylic acids is 2. The molecule has 2 N–H and O–H groups in total. The van der Waals surface area contributed by atoms with Gasteiger partial charge in [0.2, 0.25) is 16.9 Å². The quantitative estimate of drug-likeness (QED) is 0.468. The van der Waals surface area contributed by atoms with E-state index in [4.69, 9.17) is 0 Å². The van der Waals surface area contributed by atoms with Crippen molar-refractivity contribution in [1.82, 2.24) is 10.2 Å². The Morgan fingerprint density at radius 2 is 1.70 bits per heavy atom. The van der Waals surface area contributed by atoms with Crippen LogP contribution in [0.15, 0.2) is 58.9 Å². The van der Waals surface area contributed by atoms with E-state index >= 15 is 0 Å². The number of nitrogens with one attached hydrogen (secondary N) is 2. The van der Waals surface area contributed by atoms with Gasteiger partial charge < -0.3 is 10.6 Å². The van der Waals surface area contributed by atoms with E-state index in [1.54, 1.807) is 0 Å². The normalized spacial score (nSPS) is 10.4. The highest BCUT2D eigenvalue weighted by Gasteiger charge is 2.11. The number of para-hydroxylation sites is 1. The third kappa shape index (κ3) is 5.90. The van der Waals surface area contributed by atoms with Crippen molar-refractivity contribution in [3.8, 4) is 0 Å². The number of benzene rings is 2. The molecule has 0 fully saturated rings. The molecule has 3 aromatic rings. The van der Waals surface area contributed by atoms with E-state index in [9.17, 15) is 9.59 Å². The summed E-state index contributed by atoms with van der Waals surface area (Å²) in [6.45, 7) is 1.94. The number of rotatable bonds is 7. The Hall–Kier alpha value is -2.71. The van der Waals surface area contributed by atoms with Gasteiger partial charge in [0.05, 0.1) is 12.2 Å². The fourth-order valence-electron chi connectivity index (χ4n) is 2.29. The van der Waals surface area contributed by atoms with Crippen LogP contribution in [-0.4, -0.2) is 27.8 Å². The number of aromatic nitrogens is 2. The van der Waals surface area contributed by atoms with Crippen molar-refractivity contribution in [3.63, 3.8) is 0 Å². The molecule has 0 atom stereocenters. The van der Waals surface area contributed by atoms with E-state index in [0.29, 0.717) is 9.47 Å². The first-order valence-corrected chi connectivity index (χ1v) is 10.1. The first-order valence-electron chi connectivity index (χ1n) is 8.26. The van der Waals surface area contributed by atoms with Gasteiger partial charge in [-0.2, -0.15) is 0 Å². The Morgan fingerprint density at radius 1 is 0.963 bits per heavy atom. The molecule has 0 saturated carbocycles. The zero-order valence-electron chi connectivity index (χ0n) is 14.6. The van der Waals surface area contributed by atoms with Crippen molar-refractivity contribution in [3.05, 3.63) is 65.7 Å². The second-order valence-electron chi connectivity index (χ2n) is 5.74. The van der Waals surface area contributed by atoms with Gasteiger partial charge in [-0.3, -0.25) is 9.59 Å². The number of anilines is 2. The summed E-state index contributed by atoms with van der Waals surface area (Å²) in [5.74, 6) is -0.0358. The van der Waals surface area contributed by atoms with Gasteiger partial charge in [0.25, 0.3) is 0 Å². The number of carbonyl (C=O) groups is 2. The van der Waals surface area contributed by atoms with Crippen LogP contribution < -0.4 is 10.6 Å². The summed E-state index contributed by atoms with van der Waals surface area (Å²) in [5, 5.41) is 14.0. The van der Waals surface area contributed by atoms with Crippen molar-refractivity contribution in [1.29, 1.82) is 0 Å². The lowest BCUT2D eigenvalue weighted by Gasteiger charge is -2.06. The predicted octanol–water partition coefficient (Wildman–Crippen LogP) is 3.76.